The first-order valence-corrected chi connectivity index (χ1v) is 16.0. The molecule has 0 saturated carbocycles. The highest BCUT2D eigenvalue weighted by molar-refractivity contribution is 7.92. The molecule has 0 fully saturated rings. The van der Waals surface area contributed by atoms with Crippen molar-refractivity contribution in [2.75, 3.05) is 10.8 Å². The molecule has 234 valence electrons. The fourth-order valence-corrected chi connectivity index (χ4v) is 6.20. The second-order valence-corrected chi connectivity index (χ2v) is 12.5. The van der Waals surface area contributed by atoms with Crippen LogP contribution in [0, 0.1) is 10.1 Å². The largest absolute Gasteiger partial charge is 0.352 e. The number of nitrogens with zero attached hydrogens (tertiary/aromatic N) is 3. The van der Waals surface area contributed by atoms with Crippen molar-refractivity contribution in [3.8, 4) is 0 Å². The van der Waals surface area contributed by atoms with Crippen LogP contribution in [-0.4, -0.2) is 48.7 Å². The van der Waals surface area contributed by atoms with Gasteiger partial charge in [0.2, 0.25) is 11.8 Å². The van der Waals surface area contributed by atoms with Crippen LogP contribution >= 0.6 is 0 Å². The Morgan fingerprint density at radius 2 is 1.36 bits per heavy atom. The van der Waals surface area contributed by atoms with Gasteiger partial charge in [-0.3, -0.25) is 24.0 Å². The summed E-state index contributed by atoms with van der Waals surface area (Å²) in [6.07, 6.45) is 0.879. The van der Waals surface area contributed by atoms with E-state index in [9.17, 15) is 28.1 Å². The molecule has 4 rings (SSSR count). The average Bonchev–Trinajstić information content (AvgIpc) is 3.06. The number of anilines is 1. The third-order valence-corrected chi connectivity index (χ3v) is 9.21. The lowest BCUT2D eigenvalue weighted by Gasteiger charge is -2.34. The van der Waals surface area contributed by atoms with Gasteiger partial charge in [0.15, 0.2) is 0 Å². The monoisotopic (exact) mass is 628 g/mol. The summed E-state index contributed by atoms with van der Waals surface area (Å²) in [5, 5.41) is 14.3. The van der Waals surface area contributed by atoms with Crippen molar-refractivity contribution < 1.29 is 22.9 Å². The Hall–Kier alpha value is -5.03. The van der Waals surface area contributed by atoms with E-state index < -0.39 is 33.4 Å². The van der Waals surface area contributed by atoms with E-state index in [1.54, 1.807) is 18.2 Å². The Morgan fingerprint density at radius 3 is 1.89 bits per heavy atom. The van der Waals surface area contributed by atoms with Gasteiger partial charge in [-0.25, -0.2) is 8.42 Å². The molecule has 0 heterocycles. The lowest BCUT2D eigenvalue weighted by Crippen LogP contribution is -2.54. The molecule has 0 aromatic heterocycles. The molecule has 0 bridgehead atoms. The van der Waals surface area contributed by atoms with Crippen LogP contribution in [0.25, 0.3) is 0 Å². The Balaban J connectivity index is 1.80. The van der Waals surface area contributed by atoms with E-state index in [1.165, 1.54) is 41.3 Å². The highest BCUT2D eigenvalue weighted by Crippen LogP contribution is 2.27. The zero-order chi connectivity index (χ0) is 32.4. The molecule has 45 heavy (non-hydrogen) atoms. The summed E-state index contributed by atoms with van der Waals surface area (Å²) in [4.78, 5) is 40.3. The van der Waals surface area contributed by atoms with Gasteiger partial charge in [-0.15, -0.1) is 0 Å². The SMILES string of the molecule is CC[C@@H](C)NC(=O)[C@H](Cc1ccccc1)N(Cc1ccccc1)C(=O)CN(c1ccc([N+](=O)[O-])cc1)S(=O)(=O)c1ccccc1. The summed E-state index contributed by atoms with van der Waals surface area (Å²) in [6, 6.07) is 30.0. The van der Waals surface area contributed by atoms with Gasteiger partial charge in [0, 0.05) is 31.1 Å². The molecule has 0 spiro atoms. The number of amides is 2. The predicted octanol–water partition coefficient (Wildman–Crippen LogP) is 5.34. The highest BCUT2D eigenvalue weighted by Gasteiger charge is 2.35. The van der Waals surface area contributed by atoms with Crippen molar-refractivity contribution in [2.24, 2.45) is 0 Å². The number of carbonyl (C=O) groups is 2. The second-order valence-electron chi connectivity index (χ2n) is 10.6. The number of nitro groups is 1. The molecule has 2 amide bonds. The molecule has 0 unspecified atom stereocenters. The quantitative estimate of drug-likeness (QED) is 0.148. The van der Waals surface area contributed by atoms with Gasteiger partial charge in [0.25, 0.3) is 15.7 Å². The summed E-state index contributed by atoms with van der Waals surface area (Å²) in [5.74, 6) is -0.970. The molecule has 2 atom stereocenters. The van der Waals surface area contributed by atoms with Crippen LogP contribution < -0.4 is 9.62 Å². The van der Waals surface area contributed by atoms with Gasteiger partial charge in [-0.05, 0) is 48.7 Å². The summed E-state index contributed by atoms with van der Waals surface area (Å²) in [7, 11) is -4.30. The fourth-order valence-electron chi connectivity index (χ4n) is 4.76. The van der Waals surface area contributed by atoms with Gasteiger partial charge in [-0.2, -0.15) is 0 Å². The number of carbonyl (C=O) groups excluding carboxylic acids is 2. The fraction of sp³-hybridized carbons (Fsp3) is 0.235. The molecule has 0 aliphatic rings. The number of sulfonamides is 1. The number of nitrogens with one attached hydrogen (secondary N) is 1. The van der Waals surface area contributed by atoms with Crippen LogP contribution in [0.2, 0.25) is 0 Å². The minimum absolute atomic E-state index is 0.0462. The normalized spacial score (nSPS) is 12.5. The Bertz CT molecular complexity index is 1690. The maximum Gasteiger partial charge on any atom is 0.269 e. The van der Waals surface area contributed by atoms with Crippen LogP contribution in [0.1, 0.15) is 31.4 Å². The minimum Gasteiger partial charge on any atom is -0.352 e. The zero-order valence-electron chi connectivity index (χ0n) is 25.2. The molecule has 0 aliphatic carbocycles. The summed E-state index contributed by atoms with van der Waals surface area (Å²) < 4.78 is 28.9. The molecule has 11 heteroatoms. The summed E-state index contributed by atoms with van der Waals surface area (Å²) >= 11 is 0. The van der Waals surface area contributed by atoms with Gasteiger partial charge >= 0.3 is 0 Å². The first-order valence-electron chi connectivity index (χ1n) is 14.6. The van der Waals surface area contributed by atoms with Gasteiger partial charge in [0.05, 0.1) is 15.5 Å². The van der Waals surface area contributed by atoms with E-state index in [-0.39, 0.29) is 41.2 Å². The van der Waals surface area contributed by atoms with Crippen molar-refractivity contribution in [1.29, 1.82) is 0 Å². The predicted molar refractivity (Wildman–Crippen MR) is 173 cm³/mol. The van der Waals surface area contributed by atoms with Crippen molar-refractivity contribution in [3.63, 3.8) is 0 Å². The number of nitro benzene ring substituents is 1. The highest BCUT2D eigenvalue weighted by atomic mass is 32.2. The molecule has 4 aromatic rings. The van der Waals surface area contributed by atoms with Gasteiger partial charge in [0.1, 0.15) is 12.6 Å². The first-order chi connectivity index (χ1) is 21.6. The van der Waals surface area contributed by atoms with E-state index in [1.807, 2.05) is 74.5 Å². The number of hydrogen-bond donors (Lipinski definition) is 1. The standard InChI is InChI=1S/C34H36N4O6S/c1-3-26(2)35-34(40)32(23-27-13-7-4-8-14-27)36(24-28-15-9-5-10-16-28)33(39)25-37(29-19-21-30(22-20-29)38(41)42)45(43,44)31-17-11-6-12-18-31/h4-22,26,32H,3,23-25H2,1-2H3,(H,35,40)/t26-,32+/m1/s1. The van der Waals surface area contributed by atoms with Crippen LogP contribution in [0.3, 0.4) is 0 Å². The van der Waals surface area contributed by atoms with Crippen LogP contribution in [0.4, 0.5) is 11.4 Å². The Labute approximate surface area is 263 Å². The smallest absolute Gasteiger partial charge is 0.269 e. The van der Waals surface area contributed by atoms with Crippen molar-refractivity contribution >= 4 is 33.2 Å². The molecule has 0 radical (unpaired) electrons. The Kier molecular flexibility index (Phi) is 11.0. The number of benzene rings is 4. The van der Waals surface area contributed by atoms with Crippen molar-refractivity contribution in [1.82, 2.24) is 10.2 Å². The molecular formula is C34H36N4O6S. The maximum absolute atomic E-state index is 14.4. The molecule has 10 nitrogen and oxygen atoms in total. The van der Waals surface area contributed by atoms with Crippen LogP contribution in [0.5, 0.6) is 0 Å². The third kappa shape index (κ3) is 8.54. The molecule has 4 aromatic carbocycles. The number of hydrogen-bond acceptors (Lipinski definition) is 6. The van der Waals surface area contributed by atoms with E-state index in [4.69, 9.17) is 0 Å². The lowest BCUT2D eigenvalue weighted by molar-refractivity contribution is -0.384. The second kappa shape index (κ2) is 15.1. The molecular weight excluding hydrogens is 592 g/mol. The zero-order valence-corrected chi connectivity index (χ0v) is 26.0. The summed E-state index contributed by atoms with van der Waals surface area (Å²) in [6.45, 7) is 3.22. The van der Waals surface area contributed by atoms with Crippen LogP contribution in [0.15, 0.2) is 120 Å². The summed E-state index contributed by atoms with van der Waals surface area (Å²) in [5.41, 5.74) is 1.43. The maximum atomic E-state index is 14.4. The average molecular weight is 629 g/mol. The van der Waals surface area contributed by atoms with Crippen molar-refractivity contribution in [2.45, 2.75) is 50.2 Å². The Morgan fingerprint density at radius 1 is 0.822 bits per heavy atom. The van der Waals surface area contributed by atoms with Crippen LogP contribution in [-0.2, 0) is 32.6 Å². The van der Waals surface area contributed by atoms with Gasteiger partial charge < -0.3 is 10.2 Å². The topological polar surface area (TPSA) is 130 Å². The molecule has 1 N–H and O–H groups in total. The first kappa shape index (κ1) is 32.9. The molecule has 0 saturated heterocycles. The third-order valence-electron chi connectivity index (χ3n) is 7.43. The van der Waals surface area contributed by atoms with E-state index in [0.717, 1.165) is 15.4 Å². The van der Waals surface area contributed by atoms with Gasteiger partial charge in [-0.1, -0.05) is 85.8 Å². The van der Waals surface area contributed by atoms with E-state index >= 15 is 0 Å². The number of non-ortho nitro benzene ring substituents is 1. The number of rotatable bonds is 14. The lowest BCUT2D eigenvalue weighted by atomic mass is 10.0. The van der Waals surface area contributed by atoms with E-state index in [0.29, 0.717) is 6.42 Å². The molecule has 0 aliphatic heterocycles. The minimum atomic E-state index is -4.30. The van der Waals surface area contributed by atoms with E-state index in [2.05, 4.69) is 5.32 Å². The van der Waals surface area contributed by atoms with Crippen molar-refractivity contribution in [3.05, 3.63) is 137 Å².